The van der Waals surface area contributed by atoms with Crippen molar-refractivity contribution in [2.24, 2.45) is 4.99 Å². The van der Waals surface area contributed by atoms with Gasteiger partial charge in [0, 0.05) is 12.6 Å². The molecule has 0 N–H and O–H groups in total. The van der Waals surface area contributed by atoms with Gasteiger partial charge in [-0.2, -0.15) is 0 Å². The molecule has 33 heavy (non-hydrogen) atoms. The fourth-order valence-electron chi connectivity index (χ4n) is 5.21. The molecule has 0 aliphatic heterocycles. The van der Waals surface area contributed by atoms with Crippen LogP contribution in [0.3, 0.4) is 0 Å². The van der Waals surface area contributed by atoms with E-state index in [0.717, 1.165) is 12.1 Å². The Morgan fingerprint density at radius 3 is 1.94 bits per heavy atom. The first-order valence-corrected chi connectivity index (χ1v) is 11.6. The van der Waals surface area contributed by atoms with E-state index in [1.165, 1.54) is 43.8 Å². The maximum atomic E-state index is 4.90. The zero-order valence-electron chi connectivity index (χ0n) is 19.5. The average molecular weight is 428 g/mol. The van der Waals surface area contributed by atoms with Crippen molar-refractivity contribution in [2.75, 3.05) is 0 Å². The van der Waals surface area contributed by atoms with Crippen molar-refractivity contribution in [1.82, 2.24) is 0 Å². The van der Waals surface area contributed by atoms with Crippen LogP contribution in [0.15, 0.2) is 96.0 Å². The quantitative estimate of drug-likeness (QED) is 0.340. The summed E-state index contributed by atoms with van der Waals surface area (Å²) in [6.07, 6.45) is 7.70. The zero-order chi connectivity index (χ0) is 22.8. The number of hydrogen-bond donors (Lipinski definition) is 0. The van der Waals surface area contributed by atoms with E-state index in [4.69, 9.17) is 4.99 Å². The normalized spacial score (nSPS) is 14.0. The molecule has 0 bridgehead atoms. The van der Waals surface area contributed by atoms with Crippen LogP contribution in [0, 0.1) is 20.8 Å². The molecule has 0 atom stereocenters. The molecule has 0 aromatic heterocycles. The van der Waals surface area contributed by atoms with E-state index in [9.17, 15) is 0 Å². The molecule has 1 heteroatoms. The summed E-state index contributed by atoms with van der Waals surface area (Å²) in [5.74, 6) is 0. The minimum absolute atomic E-state index is 0.287. The van der Waals surface area contributed by atoms with E-state index in [2.05, 4.69) is 130 Å². The highest BCUT2D eigenvalue weighted by Gasteiger charge is 2.33. The lowest BCUT2D eigenvalue weighted by atomic mass is 9.73. The summed E-state index contributed by atoms with van der Waals surface area (Å²) in [7, 11) is 0. The van der Waals surface area contributed by atoms with Crippen LogP contribution >= 0.6 is 0 Å². The lowest BCUT2D eigenvalue weighted by Crippen LogP contribution is -2.23. The molecular formula is C32H29N. The molecular weight excluding hydrogens is 398 g/mol. The molecule has 4 aromatic carbocycles. The molecule has 0 heterocycles. The Morgan fingerprint density at radius 1 is 0.697 bits per heavy atom. The summed E-state index contributed by atoms with van der Waals surface area (Å²) in [5.41, 5.74) is 8.44. The molecule has 1 nitrogen and oxygen atoms in total. The lowest BCUT2D eigenvalue weighted by molar-refractivity contribution is 0.905. The number of aliphatic imine (C=N–C) groups is 1. The van der Waals surface area contributed by atoms with E-state index in [1.807, 2.05) is 0 Å². The number of hydrogen-bond acceptors (Lipinski definition) is 1. The molecule has 0 amide bonds. The van der Waals surface area contributed by atoms with Gasteiger partial charge in [-0.15, -0.1) is 0 Å². The second-order valence-electron chi connectivity index (χ2n) is 9.07. The van der Waals surface area contributed by atoms with Gasteiger partial charge in [0.2, 0.25) is 0 Å². The number of fused-ring (bicyclic) bond motifs is 1. The van der Waals surface area contributed by atoms with E-state index < -0.39 is 0 Å². The Bertz CT molecular complexity index is 1400. The van der Waals surface area contributed by atoms with Crippen LogP contribution < -0.4 is 10.4 Å². The van der Waals surface area contributed by atoms with E-state index in [1.54, 1.807) is 0 Å². The van der Waals surface area contributed by atoms with Crippen LogP contribution in [0.4, 0.5) is 5.69 Å². The predicted octanol–water partition coefficient (Wildman–Crippen LogP) is 6.12. The van der Waals surface area contributed by atoms with Crippen LogP contribution in [0.25, 0.3) is 12.2 Å². The highest BCUT2D eigenvalue weighted by Crippen LogP contribution is 2.39. The van der Waals surface area contributed by atoms with Gasteiger partial charge < -0.3 is 0 Å². The van der Waals surface area contributed by atoms with Gasteiger partial charge in [-0.1, -0.05) is 109 Å². The molecule has 5 rings (SSSR count). The third-order valence-electron chi connectivity index (χ3n) is 6.64. The summed E-state index contributed by atoms with van der Waals surface area (Å²) >= 11 is 0. The van der Waals surface area contributed by atoms with Crippen LogP contribution in [-0.2, 0) is 11.8 Å². The highest BCUT2D eigenvalue weighted by atomic mass is 14.7. The standard InChI is InChI=1S/C32H29N/c1-23-19-24(2)31(25(3)20-23)33-18-17-26-11-9-10-16-30(26)32(29-14-5-4-6-15-29)21-27-12-7-8-13-28(27)22-32/h4-16,18-22H,17H2,1-3H3. The van der Waals surface area contributed by atoms with E-state index in [-0.39, 0.29) is 5.41 Å². The fraction of sp³-hybridized carbons (Fsp3) is 0.156. The van der Waals surface area contributed by atoms with E-state index in [0.29, 0.717) is 0 Å². The van der Waals surface area contributed by atoms with Gasteiger partial charge in [-0.25, -0.2) is 0 Å². The van der Waals surface area contributed by atoms with Gasteiger partial charge in [0.25, 0.3) is 0 Å². The molecule has 1 aliphatic rings. The van der Waals surface area contributed by atoms with Crippen LogP contribution in [0.2, 0.25) is 0 Å². The summed E-state index contributed by atoms with van der Waals surface area (Å²) in [4.78, 5) is 4.90. The Hall–Kier alpha value is -3.71. The summed E-state index contributed by atoms with van der Waals surface area (Å²) in [6, 6.07) is 32.7. The monoisotopic (exact) mass is 427 g/mol. The summed E-state index contributed by atoms with van der Waals surface area (Å²) < 4.78 is 0. The smallest absolute Gasteiger partial charge is 0.0684 e. The lowest BCUT2D eigenvalue weighted by Gasteiger charge is -2.29. The fourth-order valence-corrected chi connectivity index (χ4v) is 5.21. The maximum absolute atomic E-state index is 4.90. The van der Waals surface area contributed by atoms with Crippen LogP contribution in [0.5, 0.6) is 0 Å². The Balaban J connectivity index is 1.60. The maximum Gasteiger partial charge on any atom is 0.0684 e. The van der Waals surface area contributed by atoms with Gasteiger partial charge in [0.05, 0.1) is 11.1 Å². The summed E-state index contributed by atoms with van der Waals surface area (Å²) in [5, 5.41) is 2.58. The van der Waals surface area contributed by atoms with Gasteiger partial charge >= 0.3 is 0 Å². The molecule has 1 aliphatic carbocycles. The second-order valence-corrected chi connectivity index (χ2v) is 9.07. The van der Waals surface area contributed by atoms with Gasteiger partial charge in [0.15, 0.2) is 0 Å². The largest absolute Gasteiger partial charge is 0.260 e. The van der Waals surface area contributed by atoms with Crippen molar-refractivity contribution in [3.8, 4) is 0 Å². The van der Waals surface area contributed by atoms with Crippen molar-refractivity contribution < 1.29 is 0 Å². The number of nitrogens with zero attached hydrogens (tertiary/aromatic N) is 1. The van der Waals surface area contributed by atoms with Crippen molar-refractivity contribution in [3.05, 3.63) is 135 Å². The third kappa shape index (κ3) is 3.96. The molecule has 0 spiro atoms. The zero-order valence-corrected chi connectivity index (χ0v) is 19.5. The molecule has 0 saturated heterocycles. The second kappa shape index (κ2) is 8.67. The molecule has 0 radical (unpaired) electrons. The first-order valence-electron chi connectivity index (χ1n) is 11.6. The first kappa shape index (κ1) is 21.2. The van der Waals surface area contributed by atoms with Crippen molar-refractivity contribution >= 4 is 24.1 Å². The Morgan fingerprint density at radius 2 is 1.27 bits per heavy atom. The van der Waals surface area contributed by atoms with Gasteiger partial charge in [-0.3, -0.25) is 4.99 Å². The number of aryl methyl sites for hydroxylation is 3. The Kier molecular flexibility index (Phi) is 5.56. The molecule has 0 unspecified atom stereocenters. The van der Waals surface area contributed by atoms with Crippen molar-refractivity contribution in [2.45, 2.75) is 32.6 Å². The van der Waals surface area contributed by atoms with Crippen LogP contribution in [-0.4, -0.2) is 6.21 Å². The predicted molar refractivity (Wildman–Crippen MR) is 141 cm³/mol. The van der Waals surface area contributed by atoms with Crippen molar-refractivity contribution in [1.29, 1.82) is 0 Å². The first-order chi connectivity index (χ1) is 16.1. The number of benzene rings is 4. The number of rotatable bonds is 5. The van der Waals surface area contributed by atoms with Crippen LogP contribution in [0.1, 0.15) is 33.4 Å². The minimum atomic E-state index is -0.287. The third-order valence-corrected chi connectivity index (χ3v) is 6.64. The molecule has 0 fully saturated rings. The SMILES string of the molecule is Cc1cc(C)c(N=CCc2ccccc2C2(c3ccccc3)C=c3ccccc3=C2)c(C)c1. The topological polar surface area (TPSA) is 12.4 Å². The van der Waals surface area contributed by atoms with Gasteiger partial charge in [0.1, 0.15) is 0 Å². The van der Waals surface area contributed by atoms with E-state index >= 15 is 0 Å². The molecule has 4 aromatic rings. The molecule has 0 saturated carbocycles. The van der Waals surface area contributed by atoms with Crippen molar-refractivity contribution in [3.63, 3.8) is 0 Å². The minimum Gasteiger partial charge on any atom is -0.260 e. The Labute approximate surface area is 196 Å². The summed E-state index contributed by atoms with van der Waals surface area (Å²) in [6.45, 7) is 6.43. The highest BCUT2D eigenvalue weighted by molar-refractivity contribution is 5.77. The average Bonchev–Trinajstić information content (AvgIpc) is 3.22. The van der Waals surface area contributed by atoms with Gasteiger partial charge in [-0.05, 0) is 59.0 Å². The molecule has 162 valence electrons.